The van der Waals surface area contributed by atoms with Crippen LogP contribution in [-0.2, 0) is 21.9 Å². The van der Waals surface area contributed by atoms with Crippen molar-refractivity contribution in [2.24, 2.45) is 5.92 Å². The summed E-state index contributed by atoms with van der Waals surface area (Å²) in [6, 6.07) is 16.1. The topological polar surface area (TPSA) is 49.4 Å². The Morgan fingerprint density at radius 1 is 1.00 bits per heavy atom. The molecule has 0 radical (unpaired) electrons. The van der Waals surface area contributed by atoms with Crippen LogP contribution in [0.25, 0.3) is 0 Å². The first-order valence-electron chi connectivity index (χ1n) is 11.1. The number of rotatable bonds is 11. The highest BCUT2D eigenvalue weighted by molar-refractivity contribution is 7.99. The molecule has 0 heterocycles. The van der Waals surface area contributed by atoms with Gasteiger partial charge in [-0.2, -0.15) is 0 Å². The average Bonchev–Trinajstić information content (AvgIpc) is 2.73. The number of aryl methyl sites for hydroxylation is 2. The molecular weight excluding hydrogens is 404 g/mol. The predicted octanol–water partition coefficient (Wildman–Crippen LogP) is 5.12. The highest BCUT2D eigenvalue weighted by Gasteiger charge is 2.28. The van der Waals surface area contributed by atoms with Crippen LogP contribution in [0.3, 0.4) is 0 Å². The van der Waals surface area contributed by atoms with Crippen molar-refractivity contribution in [3.8, 4) is 0 Å². The van der Waals surface area contributed by atoms with Crippen LogP contribution < -0.4 is 5.32 Å². The highest BCUT2D eigenvalue weighted by atomic mass is 32.2. The van der Waals surface area contributed by atoms with Gasteiger partial charge in [-0.05, 0) is 37.3 Å². The summed E-state index contributed by atoms with van der Waals surface area (Å²) in [6.45, 7) is 11.3. The van der Waals surface area contributed by atoms with Crippen molar-refractivity contribution in [3.05, 3.63) is 70.8 Å². The molecular formula is C26H36N2O2S. The maximum Gasteiger partial charge on any atom is 0.242 e. The standard InChI is InChI=1S/C26H36N2O2S/c1-6-24(26(30)27-15-19(2)3)28(16-23-9-7-8-21(5)14-23)25(29)18-31-17-22-12-10-20(4)11-13-22/h7-14,19,24H,6,15-18H2,1-5H3,(H,27,30)/t24-/m0/s1. The molecule has 1 N–H and O–H groups in total. The first-order valence-corrected chi connectivity index (χ1v) is 12.2. The molecule has 2 rings (SSSR count). The summed E-state index contributed by atoms with van der Waals surface area (Å²) in [4.78, 5) is 27.9. The third-order valence-electron chi connectivity index (χ3n) is 5.12. The fourth-order valence-corrected chi connectivity index (χ4v) is 4.24. The highest BCUT2D eigenvalue weighted by Crippen LogP contribution is 2.18. The third kappa shape index (κ3) is 8.41. The van der Waals surface area contributed by atoms with Crippen molar-refractivity contribution in [1.82, 2.24) is 10.2 Å². The molecule has 2 amide bonds. The molecule has 0 bridgehead atoms. The molecule has 0 aliphatic rings. The quantitative estimate of drug-likeness (QED) is 0.528. The number of nitrogens with zero attached hydrogens (tertiary/aromatic N) is 1. The molecule has 0 aliphatic heterocycles. The number of hydrogen-bond donors (Lipinski definition) is 1. The van der Waals surface area contributed by atoms with Gasteiger partial charge in [0.25, 0.3) is 0 Å². The van der Waals surface area contributed by atoms with Crippen molar-refractivity contribution in [2.45, 2.75) is 59.4 Å². The zero-order valence-electron chi connectivity index (χ0n) is 19.5. The Labute approximate surface area is 191 Å². The van der Waals surface area contributed by atoms with Gasteiger partial charge in [-0.1, -0.05) is 80.4 Å². The Morgan fingerprint density at radius 2 is 1.71 bits per heavy atom. The van der Waals surface area contributed by atoms with Crippen LogP contribution in [0.1, 0.15) is 49.4 Å². The van der Waals surface area contributed by atoms with Gasteiger partial charge in [0.2, 0.25) is 11.8 Å². The number of carbonyl (C=O) groups excluding carboxylic acids is 2. The van der Waals surface area contributed by atoms with Crippen LogP contribution in [-0.4, -0.2) is 35.1 Å². The molecule has 0 aliphatic carbocycles. The van der Waals surface area contributed by atoms with E-state index in [4.69, 9.17) is 0 Å². The Kier molecular flexibility index (Phi) is 10.1. The smallest absolute Gasteiger partial charge is 0.242 e. The van der Waals surface area contributed by atoms with Crippen LogP contribution >= 0.6 is 11.8 Å². The molecule has 4 nitrogen and oxygen atoms in total. The number of benzene rings is 2. The number of nitrogens with one attached hydrogen (secondary N) is 1. The molecule has 0 saturated carbocycles. The van der Waals surface area contributed by atoms with E-state index in [1.54, 1.807) is 16.7 Å². The maximum absolute atomic E-state index is 13.2. The summed E-state index contributed by atoms with van der Waals surface area (Å²) >= 11 is 1.60. The average molecular weight is 441 g/mol. The summed E-state index contributed by atoms with van der Waals surface area (Å²) in [6.07, 6.45) is 0.587. The molecule has 0 fully saturated rings. The summed E-state index contributed by atoms with van der Waals surface area (Å²) in [5, 5.41) is 3.01. The summed E-state index contributed by atoms with van der Waals surface area (Å²) in [5.74, 6) is 1.44. The van der Waals surface area contributed by atoms with Crippen LogP contribution in [0.4, 0.5) is 0 Å². The van der Waals surface area contributed by atoms with Crippen LogP contribution in [0, 0.1) is 19.8 Å². The van der Waals surface area contributed by atoms with Gasteiger partial charge >= 0.3 is 0 Å². The van der Waals surface area contributed by atoms with Gasteiger partial charge in [0.1, 0.15) is 6.04 Å². The second kappa shape index (κ2) is 12.6. The van der Waals surface area contributed by atoms with Crippen molar-refractivity contribution in [1.29, 1.82) is 0 Å². The van der Waals surface area contributed by atoms with Gasteiger partial charge in [0.05, 0.1) is 5.75 Å². The second-order valence-corrected chi connectivity index (χ2v) is 9.54. The second-order valence-electron chi connectivity index (χ2n) is 8.55. The zero-order chi connectivity index (χ0) is 22.8. The van der Waals surface area contributed by atoms with Crippen LogP contribution in [0.2, 0.25) is 0 Å². The maximum atomic E-state index is 13.2. The number of thioether (sulfide) groups is 1. The molecule has 0 unspecified atom stereocenters. The van der Waals surface area contributed by atoms with E-state index in [1.165, 1.54) is 11.1 Å². The van der Waals surface area contributed by atoms with Crippen LogP contribution in [0.15, 0.2) is 48.5 Å². The van der Waals surface area contributed by atoms with Crippen molar-refractivity contribution < 1.29 is 9.59 Å². The lowest BCUT2D eigenvalue weighted by atomic mass is 10.1. The van der Waals surface area contributed by atoms with Gasteiger partial charge < -0.3 is 10.2 Å². The van der Waals surface area contributed by atoms with E-state index in [2.05, 4.69) is 56.4 Å². The van der Waals surface area contributed by atoms with Gasteiger partial charge in [-0.15, -0.1) is 11.8 Å². The zero-order valence-corrected chi connectivity index (χ0v) is 20.3. The Morgan fingerprint density at radius 3 is 2.32 bits per heavy atom. The van der Waals surface area contributed by atoms with Crippen LogP contribution in [0.5, 0.6) is 0 Å². The number of hydrogen-bond acceptors (Lipinski definition) is 3. The SMILES string of the molecule is CC[C@@H](C(=O)NCC(C)C)N(Cc1cccc(C)c1)C(=O)CSCc1ccc(C)cc1. The van der Waals surface area contributed by atoms with Crippen molar-refractivity contribution >= 4 is 23.6 Å². The fraction of sp³-hybridized carbons (Fsp3) is 0.462. The van der Waals surface area contributed by atoms with Crippen molar-refractivity contribution in [3.63, 3.8) is 0 Å². The molecule has 0 saturated heterocycles. The lowest BCUT2D eigenvalue weighted by Gasteiger charge is -2.31. The molecule has 168 valence electrons. The van der Waals surface area contributed by atoms with E-state index >= 15 is 0 Å². The van der Waals surface area contributed by atoms with Gasteiger partial charge in [0.15, 0.2) is 0 Å². The number of carbonyl (C=O) groups is 2. The molecule has 31 heavy (non-hydrogen) atoms. The summed E-state index contributed by atoms with van der Waals surface area (Å²) in [5.41, 5.74) is 4.63. The van der Waals surface area contributed by atoms with E-state index in [-0.39, 0.29) is 11.8 Å². The Balaban J connectivity index is 2.11. The van der Waals surface area contributed by atoms with E-state index in [0.29, 0.717) is 31.2 Å². The van der Waals surface area contributed by atoms with Crippen molar-refractivity contribution in [2.75, 3.05) is 12.3 Å². The normalized spacial score (nSPS) is 11.9. The van der Waals surface area contributed by atoms with E-state index < -0.39 is 6.04 Å². The van der Waals surface area contributed by atoms with E-state index in [0.717, 1.165) is 16.9 Å². The Hall–Kier alpha value is -2.27. The first-order chi connectivity index (χ1) is 14.8. The molecule has 2 aromatic rings. The minimum Gasteiger partial charge on any atom is -0.354 e. The monoisotopic (exact) mass is 440 g/mol. The number of amides is 2. The largest absolute Gasteiger partial charge is 0.354 e. The summed E-state index contributed by atoms with van der Waals surface area (Å²) in [7, 11) is 0. The summed E-state index contributed by atoms with van der Waals surface area (Å²) < 4.78 is 0. The lowest BCUT2D eigenvalue weighted by Crippen LogP contribution is -2.50. The van der Waals surface area contributed by atoms with Gasteiger partial charge in [0, 0.05) is 18.8 Å². The third-order valence-corrected chi connectivity index (χ3v) is 6.11. The minimum absolute atomic E-state index is 0.00478. The molecule has 0 aromatic heterocycles. The lowest BCUT2D eigenvalue weighted by molar-refractivity contribution is -0.139. The van der Waals surface area contributed by atoms with E-state index in [9.17, 15) is 9.59 Å². The van der Waals surface area contributed by atoms with E-state index in [1.807, 2.05) is 32.0 Å². The molecule has 0 spiro atoms. The molecule has 5 heteroatoms. The first kappa shape index (κ1) is 25.0. The minimum atomic E-state index is -0.466. The Bertz CT molecular complexity index is 849. The predicted molar refractivity (Wildman–Crippen MR) is 131 cm³/mol. The van der Waals surface area contributed by atoms with Gasteiger partial charge in [-0.3, -0.25) is 9.59 Å². The van der Waals surface area contributed by atoms with Gasteiger partial charge in [-0.25, -0.2) is 0 Å². The fourth-order valence-electron chi connectivity index (χ4n) is 3.37. The molecule has 1 atom stereocenters. The molecule has 2 aromatic carbocycles.